The van der Waals surface area contributed by atoms with Crippen molar-refractivity contribution in [2.24, 2.45) is 5.14 Å². The van der Waals surface area contributed by atoms with Crippen LogP contribution in [0.2, 0.25) is 0 Å². The van der Waals surface area contributed by atoms with E-state index in [1.165, 1.54) is 11.1 Å². The Morgan fingerprint density at radius 1 is 1.43 bits per heavy atom. The van der Waals surface area contributed by atoms with E-state index in [1.807, 2.05) is 18.2 Å². The van der Waals surface area contributed by atoms with Crippen LogP contribution in [0.15, 0.2) is 24.3 Å². The van der Waals surface area contributed by atoms with Crippen LogP contribution in [0.25, 0.3) is 0 Å². The van der Waals surface area contributed by atoms with Gasteiger partial charge in [0, 0.05) is 12.5 Å². The molecule has 1 aromatic carbocycles. The summed E-state index contributed by atoms with van der Waals surface area (Å²) in [6.45, 7) is 0.399. The summed E-state index contributed by atoms with van der Waals surface area (Å²) in [5.74, 6) is 0.282. The van der Waals surface area contributed by atoms with E-state index in [9.17, 15) is 8.42 Å². The summed E-state index contributed by atoms with van der Waals surface area (Å²) in [6, 6.07) is 8.03. The van der Waals surface area contributed by atoms with Crippen LogP contribution >= 0.6 is 0 Å². The van der Waals surface area contributed by atoms with Crippen molar-refractivity contribution in [3.05, 3.63) is 35.4 Å². The predicted octanol–water partition coefficient (Wildman–Crippen LogP) is 0.119. The van der Waals surface area contributed by atoms with E-state index in [0.29, 0.717) is 6.54 Å². The fourth-order valence-corrected chi connectivity index (χ4v) is 2.20. The summed E-state index contributed by atoms with van der Waals surface area (Å²) in [6.07, 6.45) is 0.929. The Morgan fingerprint density at radius 2 is 2.14 bits per heavy atom. The Kier molecular flexibility index (Phi) is 2.30. The monoisotopic (exact) mass is 212 g/mol. The average Bonchev–Trinajstić information content (AvgIpc) is 2.04. The van der Waals surface area contributed by atoms with Gasteiger partial charge in [-0.25, -0.2) is 9.86 Å². The first-order valence-corrected chi connectivity index (χ1v) is 5.96. The first-order chi connectivity index (χ1) is 6.56. The topological polar surface area (TPSA) is 72.2 Å². The maximum Gasteiger partial charge on any atom is 0.274 e. The van der Waals surface area contributed by atoms with E-state index in [2.05, 4.69) is 10.8 Å². The van der Waals surface area contributed by atoms with Crippen molar-refractivity contribution in [3.8, 4) is 0 Å². The number of rotatable bonds is 3. The number of hydrogen-bond donors (Lipinski definition) is 2. The van der Waals surface area contributed by atoms with Crippen LogP contribution < -0.4 is 9.86 Å². The lowest BCUT2D eigenvalue weighted by atomic mass is 9.78. The Balaban J connectivity index is 2.00. The molecule has 0 fully saturated rings. The zero-order chi connectivity index (χ0) is 10.2. The lowest BCUT2D eigenvalue weighted by molar-refractivity contribution is 0.553. The highest BCUT2D eigenvalue weighted by Crippen LogP contribution is 2.33. The zero-order valence-corrected chi connectivity index (χ0v) is 8.42. The van der Waals surface area contributed by atoms with Crippen LogP contribution in [0.3, 0.4) is 0 Å². The third-order valence-electron chi connectivity index (χ3n) is 2.49. The Morgan fingerprint density at radius 3 is 2.79 bits per heavy atom. The predicted molar refractivity (Wildman–Crippen MR) is 54.0 cm³/mol. The highest BCUT2D eigenvalue weighted by molar-refractivity contribution is 7.87. The van der Waals surface area contributed by atoms with Crippen LogP contribution in [0.5, 0.6) is 0 Å². The molecule has 1 aromatic rings. The molecule has 0 bridgehead atoms. The summed E-state index contributed by atoms with van der Waals surface area (Å²) >= 11 is 0. The van der Waals surface area contributed by atoms with E-state index in [-0.39, 0.29) is 5.92 Å². The van der Waals surface area contributed by atoms with E-state index in [0.717, 1.165) is 6.42 Å². The molecule has 3 N–H and O–H groups in total. The van der Waals surface area contributed by atoms with Gasteiger partial charge in [0.05, 0.1) is 0 Å². The molecule has 76 valence electrons. The van der Waals surface area contributed by atoms with Gasteiger partial charge in [-0.2, -0.15) is 8.42 Å². The van der Waals surface area contributed by atoms with Crippen molar-refractivity contribution < 1.29 is 8.42 Å². The number of benzene rings is 1. The second kappa shape index (κ2) is 3.34. The molecule has 4 nitrogen and oxygen atoms in total. The Hall–Kier alpha value is -0.910. The maximum atomic E-state index is 10.7. The van der Waals surface area contributed by atoms with Crippen LogP contribution in [0.4, 0.5) is 0 Å². The first-order valence-electron chi connectivity index (χ1n) is 4.41. The van der Waals surface area contributed by atoms with Gasteiger partial charge in [0.2, 0.25) is 0 Å². The third-order valence-corrected chi connectivity index (χ3v) is 3.06. The molecular weight excluding hydrogens is 200 g/mol. The van der Waals surface area contributed by atoms with E-state index < -0.39 is 10.2 Å². The van der Waals surface area contributed by atoms with Gasteiger partial charge < -0.3 is 0 Å². The van der Waals surface area contributed by atoms with Crippen molar-refractivity contribution in [2.75, 3.05) is 6.54 Å². The molecule has 0 saturated carbocycles. The van der Waals surface area contributed by atoms with E-state index >= 15 is 0 Å². The van der Waals surface area contributed by atoms with Crippen LogP contribution in [0, 0.1) is 0 Å². The molecule has 1 aliphatic carbocycles. The van der Waals surface area contributed by atoms with Gasteiger partial charge in [-0.1, -0.05) is 24.3 Å². The molecule has 0 aromatic heterocycles. The standard InChI is InChI=1S/C9H12N2O2S/c10-14(12,13)11-6-8-5-7-3-1-2-4-9(7)8/h1-4,8,11H,5-6H2,(H2,10,12,13). The lowest BCUT2D eigenvalue weighted by Crippen LogP contribution is -2.37. The zero-order valence-electron chi connectivity index (χ0n) is 7.60. The Labute approximate surface area is 83.3 Å². The largest absolute Gasteiger partial charge is 0.274 e. The maximum absolute atomic E-state index is 10.7. The molecule has 1 atom stereocenters. The molecular formula is C9H12N2O2S. The molecule has 1 aliphatic rings. The minimum Gasteiger partial charge on any atom is -0.216 e. The minimum absolute atomic E-state index is 0.282. The fourth-order valence-electron chi connectivity index (χ4n) is 1.76. The highest BCUT2D eigenvalue weighted by atomic mass is 32.2. The van der Waals surface area contributed by atoms with Crippen molar-refractivity contribution >= 4 is 10.2 Å². The molecule has 0 radical (unpaired) electrons. The van der Waals surface area contributed by atoms with Crippen molar-refractivity contribution in [1.29, 1.82) is 0 Å². The summed E-state index contributed by atoms with van der Waals surface area (Å²) < 4.78 is 23.6. The number of nitrogens with two attached hydrogens (primary N) is 1. The van der Waals surface area contributed by atoms with Gasteiger partial charge in [0.1, 0.15) is 0 Å². The summed E-state index contributed by atoms with van der Waals surface area (Å²) in [5.41, 5.74) is 2.53. The van der Waals surface area contributed by atoms with Gasteiger partial charge in [-0.3, -0.25) is 0 Å². The van der Waals surface area contributed by atoms with Crippen molar-refractivity contribution in [1.82, 2.24) is 4.72 Å². The van der Waals surface area contributed by atoms with Gasteiger partial charge in [0.25, 0.3) is 10.2 Å². The molecule has 14 heavy (non-hydrogen) atoms. The fraction of sp³-hybridized carbons (Fsp3) is 0.333. The first kappa shape index (κ1) is 9.64. The molecule has 0 heterocycles. The molecule has 0 aliphatic heterocycles. The Bertz CT molecular complexity index is 442. The van der Waals surface area contributed by atoms with Crippen molar-refractivity contribution in [3.63, 3.8) is 0 Å². The highest BCUT2D eigenvalue weighted by Gasteiger charge is 2.25. The summed E-state index contributed by atoms with van der Waals surface area (Å²) in [4.78, 5) is 0. The van der Waals surface area contributed by atoms with Crippen LogP contribution in [-0.4, -0.2) is 15.0 Å². The number of fused-ring (bicyclic) bond motifs is 1. The normalized spacial score (nSPS) is 19.9. The number of nitrogens with one attached hydrogen (secondary N) is 1. The quantitative estimate of drug-likeness (QED) is 0.747. The molecule has 0 saturated heterocycles. The average molecular weight is 212 g/mol. The van der Waals surface area contributed by atoms with Gasteiger partial charge in [-0.05, 0) is 17.5 Å². The SMILES string of the molecule is NS(=O)(=O)NCC1Cc2ccccc21. The van der Waals surface area contributed by atoms with Crippen LogP contribution in [-0.2, 0) is 16.6 Å². The second-order valence-electron chi connectivity index (χ2n) is 3.49. The summed E-state index contributed by atoms with van der Waals surface area (Å²) in [5, 5.41) is 4.84. The number of hydrogen-bond acceptors (Lipinski definition) is 2. The minimum atomic E-state index is -3.55. The smallest absolute Gasteiger partial charge is 0.216 e. The molecule has 2 rings (SSSR count). The van der Waals surface area contributed by atoms with E-state index in [4.69, 9.17) is 5.14 Å². The molecule has 0 spiro atoms. The van der Waals surface area contributed by atoms with Gasteiger partial charge >= 0.3 is 0 Å². The van der Waals surface area contributed by atoms with Crippen LogP contribution in [0.1, 0.15) is 17.0 Å². The van der Waals surface area contributed by atoms with E-state index in [1.54, 1.807) is 0 Å². The second-order valence-corrected chi connectivity index (χ2v) is 4.87. The summed E-state index contributed by atoms with van der Waals surface area (Å²) in [7, 11) is -3.55. The molecule has 5 heteroatoms. The van der Waals surface area contributed by atoms with Gasteiger partial charge in [-0.15, -0.1) is 0 Å². The molecule has 0 amide bonds. The molecule has 1 unspecified atom stereocenters. The van der Waals surface area contributed by atoms with Gasteiger partial charge in [0.15, 0.2) is 0 Å². The third kappa shape index (κ3) is 1.95. The lowest BCUT2D eigenvalue weighted by Gasteiger charge is -2.29. The van der Waals surface area contributed by atoms with Crippen molar-refractivity contribution in [2.45, 2.75) is 12.3 Å².